The average Bonchev–Trinajstić information content (AvgIpc) is 2.90. The second-order valence-corrected chi connectivity index (χ2v) is 6.03. The molecule has 108 valence electrons. The predicted molar refractivity (Wildman–Crippen MR) is 72.8 cm³/mol. The molecule has 1 heterocycles. The van der Waals surface area contributed by atoms with Crippen LogP contribution in [0.15, 0.2) is 24.3 Å². The highest BCUT2D eigenvalue weighted by molar-refractivity contribution is 7.47. The molecule has 0 saturated carbocycles. The number of phosphoric ester groups is 1. The summed E-state index contributed by atoms with van der Waals surface area (Å²) >= 11 is 0. The zero-order valence-corrected chi connectivity index (χ0v) is 12.0. The van der Waals surface area contributed by atoms with Crippen LogP contribution in [0.4, 0.5) is 0 Å². The Labute approximate surface area is 117 Å². The molecule has 3 atom stereocenters. The minimum Gasteiger partial charge on any atom is -0.314 e. The maximum absolute atomic E-state index is 11.9. The predicted octanol–water partition coefficient (Wildman–Crippen LogP) is 2.11. The number of nitrogens with one attached hydrogen (secondary N) is 1. The molecule has 1 aromatic carbocycles. The Kier molecular flexibility index (Phi) is 4.92. The minimum atomic E-state index is -4.09. The van der Waals surface area contributed by atoms with Gasteiger partial charge in [0.1, 0.15) is 0 Å². The molecule has 1 aliphatic heterocycles. The molecule has 0 radical (unpaired) electrons. The summed E-state index contributed by atoms with van der Waals surface area (Å²) in [6.45, 7) is 3.00. The Morgan fingerprint density at radius 3 is 2.75 bits per heavy atom. The van der Waals surface area contributed by atoms with Gasteiger partial charge in [-0.2, -0.15) is 5.26 Å². The van der Waals surface area contributed by atoms with Gasteiger partial charge in [-0.05, 0) is 37.6 Å². The first-order valence-corrected chi connectivity index (χ1v) is 7.90. The Morgan fingerprint density at radius 1 is 1.50 bits per heavy atom. The van der Waals surface area contributed by atoms with E-state index in [4.69, 9.17) is 14.3 Å². The van der Waals surface area contributed by atoms with Crippen LogP contribution in [0.25, 0.3) is 0 Å². The van der Waals surface area contributed by atoms with Gasteiger partial charge in [-0.3, -0.25) is 9.05 Å². The molecule has 1 saturated heterocycles. The third-order valence-electron chi connectivity index (χ3n) is 3.10. The molecule has 0 amide bonds. The van der Waals surface area contributed by atoms with Crippen LogP contribution >= 0.6 is 7.82 Å². The molecule has 7 heteroatoms. The van der Waals surface area contributed by atoms with Crippen molar-refractivity contribution in [3.63, 3.8) is 0 Å². The second-order valence-electron chi connectivity index (χ2n) is 4.67. The maximum atomic E-state index is 11.9. The highest BCUT2D eigenvalue weighted by Crippen LogP contribution is 2.49. The summed E-state index contributed by atoms with van der Waals surface area (Å²) in [6.07, 6.45) is -0.189. The highest BCUT2D eigenvalue weighted by Gasteiger charge is 2.30. The Balaban J connectivity index is 1.96. The summed E-state index contributed by atoms with van der Waals surface area (Å²) in [5.74, 6) is 0. The van der Waals surface area contributed by atoms with Gasteiger partial charge < -0.3 is 10.2 Å². The second kappa shape index (κ2) is 6.49. The molecule has 1 fully saturated rings. The van der Waals surface area contributed by atoms with Gasteiger partial charge in [0.05, 0.1) is 23.8 Å². The molecule has 2 rings (SSSR count). The summed E-state index contributed by atoms with van der Waals surface area (Å²) in [4.78, 5) is 9.74. The topological polar surface area (TPSA) is 91.6 Å². The molecule has 1 aromatic rings. The van der Waals surface area contributed by atoms with Crippen molar-refractivity contribution in [1.29, 1.82) is 5.26 Å². The highest BCUT2D eigenvalue weighted by atomic mass is 31.2. The van der Waals surface area contributed by atoms with E-state index in [0.29, 0.717) is 24.1 Å². The van der Waals surface area contributed by atoms with Crippen molar-refractivity contribution >= 4 is 7.82 Å². The molecule has 0 aromatic heterocycles. The molecule has 6 nitrogen and oxygen atoms in total. The summed E-state index contributed by atoms with van der Waals surface area (Å²) < 4.78 is 22.2. The van der Waals surface area contributed by atoms with Crippen LogP contribution in [0.1, 0.15) is 30.6 Å². The van der Waals surface area contributed by atoms with Crippen molar-refractivity contribution in [2.24, 2.45) is 0 Å². The van der Waals surface area contributed by atoms with Gasteiger partial charge in [-0.1, -0.05) is 12.1 Å². The number of nitriles is 1. The van der Waals surface area contributed by atoms with Crippen molar-refractivity contribution in [3.8, 4) is 6.07 Å². The van der Waals surface area contributed by atoms with Crippen molar-refractivity contribution < 1.29 is 18.5 Å². The lowest BCUT2D eigenvalue weighted by Gasteiger charge is -2.20. The van der Waals surface area contributed by atoms with E-state index in [1.165, 1.54) is 0 Å². The van der Waals surface area contributed by atoms with Crippen LogP contribution in [0, 0.1) is 11.3 Å². The zero-order valence-electron chi connectivity index (χ0n) is 11.2. The summed E-state index contributed by atoms with van der Waals surface area (Å²) in [5.41, 5.74) is 1.24. The van der Waals surface area contributed by atoms with E-state index in [1.54, 1.807) is 31.2 Å². The molecular formula is C13H17N2O4P. The number of phosphoric acid groups is 1. The Morgan fingerprint density at radius 2 is 2.20 bits per heavy atom. The van der Waals surface area contributed by atoms with Gasteiger partial charge in [0.2, 0.25) is 0 Å². The first-order chi connectivity index (χ1) is 9.50. The SMILES string of the molecule is C[C@H](OP(=O)(O)OC1CCNC1)c1ccc(C#N)cc1. The third kappa shape index (κ3) is 4.14. The van der Waals surface area contributed by atoms with Gasteiger partial charge in [0.25, 0.3) is 0 Å². The van der Waals surface area contributed by atoms with Crippen molar-refractivity contribution in [1.82, 2.24) is 5.32 Å². The molecule has 2 N–H and O–H groups in total. The van der Waals surface area contributed by atoms with Crippen molar-refractivity contribution in [2.45, 2.75) is 25.6 Å². The lowest BCUT2D eigenvalue weighted by molar-refractivity contribution is 0.0863. The van der Waals surface area contributed by atoms with E-state index >= 15 is 0 Å². The van der Waals surface area contributed by atoms with Gasteiger partial charge >= 0.3 is 7.82 Å². The minimum absolute atomic E-state index is 0.293. The van der Waals surface area contributed by atoms with Crippen LogP contribution < -0.4 is 5.32 Å². The molecule has 0 aliphatic carbocycles. The van der Waals surface area contributed by atoms with E-state index in [9.17, 15) is 9.46 Å². The Hall–Kier alpha value is -1.22. The van der Waals surface area contributed by atoms with E-state index in [2.05, 4.69) is 5.32 Å². The van der Waals surface area contributed by atoms with Gasteiger partial charge in [0, 0.05) is 6.54 Å². The fourth-order valence-corrected chi connectivity index (χ4v) is 3.15. The normalized spacial score (nSPS) is 22.9. The fraction of sp³-hybridized carbons (Fsp3) is 0.462. The van der Waals surface area contributed by atoms with Crippen LogP contribution in [-0.4, -0.2) is 24.1 Å². The van der Waals surface area contributed by atoms with Crippen molar-refractivity contribution in [2.75, 3.05) is 13.1 Å². The van der Waals surface area contributed by atoms with Gasteiger partial charge in [-0.15, -0.1) is 0 Å². The lowest BCUT2D eigenvalue weighted by Crippen LogP contribution is -2.16. The number of hydrogen-bond donors (Lipinski definition) is 2. The first-order valence-electron chi connectivity index (χ1n) is 6.40. The smallest absolute Gasteiger partial charge is 0.314 e. The summed E-state index contributed by atoms with van der Waals surface area (Å²) in [6, 6.07) is 8.68. The molecule has 20 heavy (non-hydrogen) atoms. The number of rotatable bonds is 5. The molecule has 1 aliphatic rings. The van der Waals surface area contributed by atoms with E-state index in [1.807, 2.05) is 6.07 Å². The molecule has 0 bridgehead atoms. The third-order valence-corrected chi connectivity index (χ3v) is 4.25. The van der Waals surface area contributed by atoms with Crippen LogP contribution in [-0.2, 0) is 13.6 Å². The molecule has 2 unspecified atom stereocenters. The zero-order chi connectivity index (χ0) is 14.6. The maximum Gasteiger partial charge on any atom is 0.473 e. The van der Waals surface area contributed by atoms with Crippen LogP contribution in [0.5, 0.6) is 0 Å². The van der Waals surface area contributed by atoms with Crippen LogP contribution in [0.3, 0.4) is 0 Å². The van der Waals surface area contributed by atoms with E-state index in [-0.39, 0.29) is 6.10 Å². The standard InChI is InChI=1S/C13H17N2O4P/c1-10(12-4-2-11(8-14)3-5-12)18-20(16,17)19-13-6-7-15-9-13/h2-5,10,13,15H,6-7,9H2,1H3,(H,16,17)/t10-,13?/m0/s1. The largest absolute Gasteiger partial charge is 0.473 e. The number of hydrogen-bond acceptors (Lipinski definition) is 5. The first kappa shape index (κ1) is 15.2. The van der Waals surface area contributed by atoms with Gasteiger partial charge in [0.15, 0.2) is 0 Å². The van der Waals surface area contributed by atoms with Gasteiger partial charge in [-0.25, -0.2) is 4.57 Å². The van der Waals surface area contributed by atoms with E-state index < -0.39 is 13.9 Å². The average molecular weight is 296 g/mol. The summed E-state index contributed by atoms with van der Waals surface area (Å²) in [7, 11) is -4.09. The summed E-state index contributed by atoms with van der Waals surface area (Å²) in [5, 5.41) is 11.8. The quantitative estimate of drug-likeness (QED) is 0.809. The molecular weight excluding hydrogens is 279 g/mol. The van der Waals surface area contributed by atoms with Crippen molar-refractivity contribution in [3.05, 3.63) is 35.4 Å². The molecule has 0 spiro atoms. The van der Waals surface area contributed by atoms with Crippen LogP contribution in [0.2, 0.25) is 0 Å². The number of nitrogens with zero attached hydrogens (tertiary/aromatic N) is 1. The Bertz CT molecular complexity index is 534. The van der Waals surface area contributed by atoms with E-state index in [0.717, 1.165) is 6.54 Å². The number of benzene rings is 1. The lowest BCUT2D eigenvalue weighted by atomic mass is 10.1. The monoisotopic (exact) mass is 296 g/mol. The fourth-order valence-electron chi connectivity index (χ4n) is 2.02.